The molecule has 19 heavy (non-hydrogen) atoms. The highest BCUT2D eigenvalue weighted by Crippen LogP contribution is 2.33. The van der Waals surface area contributed by atoms with Crippen molar-refractivity contribution in [3.63, 3.8) is 0 Å². The zero-order valence-electron chi connectivity index (χ0n) is 11.9. The van der Waals surface area contributed by atoms with Crippen molar-refractivity contribution in [3.05, 3.63) is 17.1 Å². The van der Waals surface area contributed by atoms with E-state index in [1.165, 1.54) is 0 Å². The summed E-state index contributed by atoms with van der Waals surface area (Å²) >= 11 is 0. The fourth-order valence-corrected chi connectivity index (χ4v) is 4.07. The second kappa shape index (κ2) is 5.26. The molecule has 1 aromatic heterocycles. The molecule has 0 spiro atoms. The van der Waals surface area contributed by atoms with Crippen LogP contribution in [0.25, 0.3) is 0 Å². The summed E-state index contributed by atoms with van der Waals surface area (Å²) in [6, 6.07) is 0.0755. The number of rotatable bonds is 6. The van der Waals surface area contributed by atoms with Crippen LogP contribution in [0.5, 0.6) is 0 Å². The zero-order valence-corrected chi connectivity index (χ0v) is 12.7. The number of nitrogens with one attached hydrogen (secondary N) is 2. The summed E-state index contributed by atoms with van der Waals surface area (Å²) in [5.74, 6) is 1.56. The maximum absolute atomic E-state index is 12.4. The molecule has 2 unspecified atom stereocenters. The minimum atomic E-state index is -3.48. The smallest absolute Gasteiger partial charge is 0.244 e. The molecule has 2 rings (SSSR count). The van der Waals surface area contributed by atoms with Crippen LogP contribution in [0.15, 0.2) is 9.31 Å². The van der Waals surface area contributed by atoms with Crippen LogP contribution in [-0.2, 0) is 16.6 Å². The summed E-state index contributed by atoms with van der Waals surface area (Å²) < 4.78 is 33.1. The van der Waals surface area contributed by atoms with Crippen molar-refractivity contribution in [2.45, 2.75) is 51.6 Å². The number of sulfonamides is 1. The third-order valence-electron chi connectivity index (χ3n) is 3.56. The number of aryl methyl sites for hydroxylation is 2. The molecule has 1 aliphatic carbocycles. The van der Waals surface area contributed by atoms with Crippen LogP contribution >= 0.6 is 0 Å². The van der Waals surface area contributed by atoms with E-state index < -0.39 is 10.0 Å². The fraction of sp³-hybridized carbons (Fsp3) is 0.692. The Morgan fingerprint density at radius 3 is 2.47 bits per heavy atom. The first-order valence-electron chi connectivity index (χ1n) is 6.68. The summed E-state index contributed by atoms with van der Waals surface area (Å²) in [5.41, 5.74) is 0.736. The maximum atomic E-state index is 12.4. The molecule has 0 aliphatic heterocycles. The monoisotopic (exact) mass is 286 g/mol. The Hall–Kier alpha value is -0.850. The van der Waals surface area contributed by atoms with Gasteiger partial charge in [0, 0.05) is 18.2 Å². The second-order valence-corrected chi connectivity index (χ2v) is 6.89. The molecule has 1 fully saturated rings. The molecular weight excluding hydrogens is 264 g/mol. The van der Waals surface area contributed by atoms with Gasteiger partial charge in [-0.05, 0) is 32.7 Å². The standard InChI is InChI=1S/C13H22N2O3S/c1-5-14-7-11-9(3)18-10(4)13(11)19(16,17)15-12-6-8(12)2/h8,12,14-15H,5-7H2,1-4H3. The van der Waals surface area contributed by atoms with E-state index in [9.17, 15) is 8.42 Å². The summed E-state index contributed by atoms with van der Waals surface area (Å²) in [5, 5.41) is 3.16. The van der Waals surface area contributed by atoms with E-state index in [0.29, 0.717) is 28.9 Å². The normalized spacial score (nSPS) is 22.7. The minimum Gasteiger partial charge on any atom is -0.465 e. The largest absolute Gasteiger partial charge is 0.465 e. The van der Waals surface area contributed by atoms with Crippen LogP contribution in [0.2, 0.25) is 0 Å². The fourth-order valence-electron chi connectivity index (χ4n) is 2.26. The lowest BCUT2D eigenvalue weighted by Gasteiger charge is -2.08. The Morgan fingerprint density at radius 2 is 1.95 bits per heavy atom. The minimum absolute atomic E-state index is 0.0755. The van der Waals surface area contributed by atoms with Gasteiger partial charge in [-0.15, -0.1) is 0 Å². The summed E-state index contributed by atoms with van der Waals surface area (Å²) in [6.07, 6.45) is 0.914. The van der Waals surface area contributed by atoms with E-state index in [1.54, 1.807) is 13.8 Å². The van der Waals surface area contributed by atoms with Gasteiger partial charge in [0.1, 0.15) is 16.4 Å². The number of furan rings is 1. The highest BCUT2D eigenvalue weighted by molar-refractivity contribution is 7.89. The Kier molecular flexibility index (Phi) is 4.03. The Balaban J connectivity index is 2.31. The third-order valence-corrected chi connectivity index (χ3v) is 5.25. The quantitative estimate of drug-likeness (QED) is 0.835. The van der Waals surface area contributed by atoms with Crippen molar-refractivity contribution in [3.8, 4) is 0 Å². The average molecular weight is 286 g/mol. The van der Waals surface area contributed by atoms with Crippen molar-refractivity contribution in [2.24, 2.45) is 5.92 Å². The van der Waals surface area contributed by atoms with Gasteiger partial charge < -0.3 is 9.73 Å². The molecular formula is C13H22N2O3S. The number of hydrogen-bond donors (Lipinski definition) is 2. The third kappa shape index (κ3) is 3.01. The maximum Gasteiger partial charge on any atom is 0.244 e. The van der Waals surface area contributed by atoms with Crippen LogP contribution in [-0.4, -0.2) is 21.0 Å². The zero-order chi connectivity index (χ0) is 14.2. The molecule has 1 saturated carbocycles. The van der Waals surface area contributed by atoms with E-state index >= 15 is 0 Å². The molecule has 6 heteroatoms. The first-order chi connectivity index (χ1) is 8.86. The van der Waals surface area contributed by atoms with Gasteiger partial charge in [-0.25, -0.2) is 13.1 Å². The van der Waals surface area contributed by atoms with Crippen LogP contribution in [0, 0.1) is 19.8 Å². The molecule has 2 atom stereocenters. The van der Waals surface area contributed by atoms with E-state index in [1.807, 2.05) is 13.8 Å². The highest BCUT2D eigenvalue weighted by atomic mass is 32.2. The van der Waals surface area contributed by atoms with Gasteiger partial charge in [-0.3, -0.25) is 0 Å². The topological polar surface area (TPSA) is 71.3 Å². The molecule has 1 aliphatic rings. The van der Waals surface area contributed by atoms with E-state index in [2.05, 4.69) is 10.0 Å². The number of hydrogen-bond acceptors (Lipinski definition) is 4. The van der Waals surface area contributed by atoms with Gasteiger partial charge >= 0.3 is 0 Å². The first kappa shape index (κ1) is 14.6. The molecule has 0 aromatic carbocycles. The van der Waals surface area contributed by atoms with Gasteiger partial charge in [0.05, 0.1) is 0 Å². The van der Waals surface area contributed by atoms with Crippen LogP contribution < -0.4 is 10.0 Å². The molecule has 2 N–H and O–H groups in total. The Morgan fingerprint density at radius 1 is 1.32 bits per heavy atom. The first-order valence-corrected chi connectivity index (χ1v) is 8.17. The SMILES string of the molecule is CCNCc1c(C)oc(C)c1S(=O)(=O)NC1CC1C. The molecule has 108 valence electrons. The summed E-state index contributed by atoms with van der Waals surface area (Å²) in [6.45, 7) is 8.83. The van der Waals surface area contributed by atoms with E-state index in [-0.39, 0.29) is 6.04 Å². The average Bonchev–Trinajstić information content (AvgIpc) is 2.87. The Labute approximate surface area is 114 Å². The van der Waals surface area contributed by atoms with Crippen molar-refractivity contribution < 1.29 is 12.8 Å². The van der Waals surface area contributed by atoms with Crippen molar-refractivity contribution >= 4 is 10.0 Å². The molecule has 0 bridgehead atoms. The Bertz CT molecular complexity index is 563. The van der Waals surface area contributed by atoms with Crippen molar-refractivity contribution in [1.82, 2.24) is 10.0 Å². The molecule has 0 radical (unpaired) electrons. The molecule has 1 heterocycles. The van der Waals surface area contributed by atoms with E-state index in [4.69, 9.17) is 4.42 Å². The molecule has 1 aromatic rings. The lowest BCUT2D eigenvalue weighted by molar-refractivity contribution is 0.493. The van der Waals surface area contributed by atoms with Gasteiger partial charge in [-0.2, -0.15) is 0 Å². The van der Waals surface area contributed by atoms with Gasteiger partial charge in [0.25, 0.3) is 0 Å². The van der Waals surface area contributed by atoms with Crippen LogP contribution in [0.4, 0.5) is 0 Å². The van der Waals surface area contributed by atoms with Gasteiger partial charge in [0.2, 0.25) is 10.0 Å². The predicted octanol–water partition coefficient (Wildman–Crippen LogP) is 1.69. The lowest BCUT2D eigenvalue weighted by Crippen LogP contribution is -2.28. The van der Waals surface area contributed by atoms with Crippen molar-refractivity contribution in [2.75, 3.05) is 6.54 Å². The van der Waals surface area contributed by atoms with Crippen LogP contribution in [0.1, 0.15) is 37.4 Å². The highest BCUT2D eigenvalue weighted by Gasteiger charge is 2.38. The summed E-state index contributed by atoms with van der Waals surface area (Å²) in [7, 11) is -3.48. The molecule has 0 amide bonds. The summed E-state index contributed by atoms with van der Waals surface area (Å²) in [4.78, 5) is 0.310. The van der Waals surface area contributed by atoms with Crippen LogP contribution in [0.3, 0.4) is 0 Å². The lowest BCUT2D eigenvalue weighted by atomic mass is 10.2. The molecule has 0 saturated heterocycles. The van der Waals surface area contributed by atoms with E-state index in [0.717, 1.165) is 18.5 Å². The second-order valence-electron chi connectivity index (χ2n) is 5.24. The van der Waals surface area contributed by atoms with Gasteiger partial charge in [-0.1, -0.05) is 13.8 Å². The van der Waals surface area contributed by atoms with Crippen molar-refractivity contribution in [1.29, 1.82) is 0 Å². The predicted molar refractivity (Wildman–Crippen MR) is 73.5 cm³/mol. The van der Waals surface area contributed by atoms with Gasteiger partial charge in [0.15, 0.2) is 0 Å². The molecule has 5 nitrogen and oxygen atoms in total.